The van der Waals surface area contributed by atoms with Crippen molar-refractivity contribution in [2.45, 2.75) is 66.3 Å². The van der Waals surface area contributed by atoms with E-state index in [9.17, 15) is 9.90 Å². The lowest BCUT2D eigenvalue weighted by atomic mass is 9.97. The molecule has 0 saturated heterocycles. The lowest BCUT2D eigenvalue weighted by molar-refractivity contribution is 0.0930. The highest BCUT2D eigenvalue weighted by Crippen LogP contribution is 2.15. The van der Waals surface area contributed by atoms with Gasteiger partial charge in [0.15, 0.2) is 0 Å². The van der Waals surface area contributed by atoms with Crippen molar-refractivity contribution in [3.8, 4) is 5.75 Å². The number of aromatic nitrogens is 1. The van der Waals surface area contributed by atoms with Gasteiger partial charge in [-0.15, -0.1) is 0 Å². The summed E-state index contributed by atoms with van der Waals surface area (Å²) in [5, 5.41) is 15.5. The fraction of sp³-hybridized carbons (Fsp3) is 0.417. The molecule has 2 rings (SSSR count). The van der Waals surface area contributed by atoms with E-state index in [2.05, 4.69) is 30.2 Å². The minimum atomic E-state index is -0.216. The van der Waals surface area contributed by atoms with Crippen LogP contribution < -0.4 is 15.8 Å². The number of amides is 1. The van der Waals surface area contributed by atoms with Crippen molar-refractivity contribution in [3.05, 3.63) is 57.2 Å². The first-order valence-corrected chi connectivity index (χ1v) is 10.1. The molecule has 1 amide bonds. The van der Waals surface area contributed by atoms with E-state index < -0.39 is 0 Å². The largest absolute Gasteiger partial charge is 0.506 e. The van der Waals surface area contributed by atoms with Crippen LogP contribution in [0.1, 0.15) is 74.1 Å². The smallest absolute Gasteiger partial charge is 0.255 e. The first-order chi connectivity index (χ1) is 13.4. The summed E-state index contributed by atoms with van der Waals surface area (Å²) in [6.45, 7) is 9.97. The normalized spacial score (nSPS) is 13.6. The molecule has 150 valence electrons. The highest BCUT2D eigenvalue weighted by atomic mass is 16.3. The molecule has 0 aliphatic heterocycles. The summed E-state index contributed by atoms with van der Waals surface area (Å²) in [4.78, 5) is 17.3. The number of pyridine rings is 1. The van der Waals surface area contributed by atoms with Crippen LogP contribution in [-0.2, 0) is 6.42 Å². The van der Waals surface area contributed by atoms with E-state index in [0.29, 0.717) is 17.2 Å². The molecule has 1 aromatic carbocycles. The van der Waals surface area contributed by atoms with Gasteiger partial charge in [-0.3, -0.25) is 9.78 Å². The summed E-state index contributed by atoms with van der Waals surface area (Å²) in [5.74, 6) is -0.169. The SMILES string of the molecule is C/C=c1/c(Cc2ccc(C)nc2)cc(C(=O)NC(CC)CCC)c(O)/c1=C/C. The number of hydrogen-bond acceptors (Lipinski definition) is 3. The molecule has 4 nitrogen and oxygen atoms in total. The Kier molecular flexibility index (Phi) is 7.80. The third kappa shape index (κ3) is 5.00. The van der Waals surface area contributed by atoms with Crippen LogP contribution in [0.3, 0.4) is 0 Å². The van der Waals surface area contributed by atoms with Gasteiger partial charge in [0.05, 0.1) is 5.56 Å². The number of aromatic hydroxyl groups is 1. The maximum Gasteiger partial charge on any atom is 0.255 e. The molecule has 1 aromatic heterocycles. The van der Waals surface area contributed by atoms with Gasteiger partial charge in [0.25, 0.3) is 5.91 Å². The number of benzene rings is 1. The van der Waals surface area contributed by atoms with Crippen molar-refractivity contribution in [2.75, 3.05) is 0 Å². The Balaban J connectivity index is 2.52. The molecular formula is C24H32N2O2. The van der Waals surface area contributed by atoms with Gasteiger partial charge in [-0.2, -0.15) is 0 Å². The van der Waals surface area contributed by atoms with Crippen LogP contribution in [0.5, 0.6) is 5.75 Å². The molecule has 1 unspecified atom stereocenters. The Bertz CT molecular complexity index is 931. The second-order valence-electron chi connectivity index (χ2n) is 7.19. The van der Waals surface area contributed by atoms with Crippen molar-refractivity contribution < 1.29 is 9.90 Å². The van der Waals surface area contributed by atoms with Crippen molar-refractivity contribution in [3.63, 3.8) is 0 Å². The number of phenolic OH excluding ortho intramolecular Hbond substituents is 1. The molecular weight excluding hydrogens is 348 g/mol. The number of nitrogens with zero attached hydrogens (tertiary/aromatic N) is 1. The maximum absolute atomic E-state index is 12.9. The molecule has 0 aliphatic rings. The second kappa shape index (κ2) is 10.1. The molecule has 0 fully saturated rings. The summed E-state index contributed by atoms with van der Waals surface area (Å²) in [6.07, 6.45) is 9.18. The standard InChI is InChI=1S/C24H32N2O2/c1-6-10-19(7-2)26-24(28)22-14-18(13-17-12-11-16(5)25-15-17)20(8-3)21(9-4)23(22)27/h8-9,11-12,14-15,19,27H,6-7,10,13H2,1-5H3,(H,26,28)/b20-8-,21-9+. The topological polar surface area (TPSA) is 62.2 Å². The number of nitrogens with one attached hydrogen (secondary N) is 1. The molecule has 0 spiro atoms. The van der Waals surface area contributed by atoms with Gasteiger partial charge in [-0.1, -0.05) is 38.5 Å². The Morgan fingerprint density at radius 2 is 1.93 bits per heavy atom. The predicted octanol–water partition coefficient (Wildman–Crippen LogP) is 3.60. The van der Waals surface area contributed by atoms with Crippen LogP contribution in [0.2, 0.25) is 0 Å². The summed E-state index contributed by atoms with van der Waals surface area (Å²) < 4.78 is 0. The minimum absolute atomic E-state index is 0.0465. The van der Waals surface area contributed by atoms with Gasteiger partial charge in [0.2, 0.25) is 0 Å². The number of hydrogen-bond donors (Lipinski definition) is 2. The molecule has 0 saturated carbocycles. The average Bonchev–Trinajstić information content (AvgIpc) is 2.69. The second-order valence-corrected chi connectivity index (χ2v) is 7.19. The molecule has 0 bridgehead atoms. The Morgan fingerprint density at radius 3 is 2.46 bits per heavy atom. The van der Waals surface area contributed by atoms with E-state index in [1.807, 2.05) is 51.3 Å². The van der Waals surface area contributed by atoms with Crippen molar-refractivity contribution in [2.24, 2.45) is 0 Å². The van der Waals surface area contributed by atoms with Crippen LogP contribution in [0, 0.1) is 6.92 Å². The maximum atomic E-state index is 12.9. The fourth-order valence-electron chi connectivity index (χ4n) is 3.53. The number of rotatable bonds is 7. The van der Waals surface area contributed by atoms with Crippen molar-refractivity contribution >= 4 is 18.1 Å². The highest BCUT2D eigenvalue weighted by molar-refractivity contribution is 5.97. The van der Waals surface area contributed by atoms with E-state index in [1.165, 1.54) is 0 Å². The molecule has 4 heteroatoms. The monoisotopic (exact) mass is 380 g/mol. The number of aryl methyl sites for hydroxylation is 1. The van der Waals surface area contributed by atoms with Gasteiger partial charge < -0.3 is 10.4 Å². The van der Waals surface area contributed by atoms with Gasteiger partial charge in [-0.05, 0) is 68.5 Å². The van der Waals surface area contributed by atoms with E-state index >= 15 is 0 Å². The highest BCUT2D eigenvalue weighted by Gasteiger charge is 2.18. The van der Waals surface area contributed by atoms with Crippen molar-refractivity contribution in [1.29, 1.82) is 0 Å². The average molecular weight is 381 g/mol. The summed E-state index contributed by atoms with van der Waals surface area (Å²) in [6, 6.07) is 5.99. The zero-order chi connectivity index (χ0) is 20.7. The van der Waals surface area contributed by atoms with E-state index in [-0.39, 0.29) is 17.7 Å². The molecule has 2 aromatic rings. The van der Waals surface area contributed by atoms with Crippen LogP contribution in [0.15, 0.2) is 24.4 Å². The Labute approximate surface area is 168 Å². The summed E-state index contributed by atoms with van der Waals surface area (Å²) >= 11 is 0. The number of carbonyl (C=O) groups is 1. The number of carbonyl (C=O) groups excluding carboxylic acids is 1. The molecule has 1 atom stereocenters. The van der Waals surface area contributed by atoms with Gasteiger partial charge in [0.1, 0.15) is 5.75 Å². The third-order valence-electron chi connectivity index (χ3n) is 5.12. The van der Waals surface area contributed by atoms with Gasteiger partial charge in [0, 0.05) is 23.2 Å². The van der Waals surface area contributed by atoms with Gasteiger partial charge in [-0.25, -0.2) is 0 Å². The first-order valence-electron chi connectivity index (χ1n) is 10.1. The minimum Gasteiger partial charge on any atom is -0.506 e. The van der Waals surface area contributed by atoms with E-state index in [0.717, 1.165) is 41.3 Å². The summed E-state index contributed by atoms with van der Waals surface area (Å²) in [5.41, 5.74) is 3.39. The molecule has 0 radical (unpaired) electrons. The summed E-state index contributed by atoms with van der Waals surface area (Å²) in [7, 11) is 0. The molecule has 1 heterocycles. The van der Waals surface area contributed by atoms with Crippen LogP contribution in [-0.4, -0.2) is 22.0 Å². The quantitative estimate of drug-likeness (QED) is 0.771. The predicted molar refractivity (Wildman–Crippen MR) is 116 cm³/mol. The van der Waals surface area contributed by atoms with Crippen molar-refractivity contribution in [1.82, 2.24) is 10.3 Å². The third-order valence-corrected chi connectivity index (χ3v) is 5.12. The Morgan fingerprint density at radius 1 is 1.21 bits per heavy atom. The first kappa shape index (κ1) is 21.7. The molecule has 0 aliphatic carbocycles. The van der Waals surface area contributed by atoms with E-state index in [4.69, 9.17) is 0 Å². The lowest BCUT2D eigenvalue weighted by Crippen LogP contribution is -2.37. The van der Waals surface area contributed by atoms with E-state index in [1.54, 1.807) is 0 Å². The molecule has 28 heavy (non-hydrogen) atoms. The number of phenols is 1. The zero-order valence-electron chi connectivity index (χ0n) is 17.7. The molecule has 2 N–H and O–H groups in total. The fourth-order valence-corrected chi connectivity index (χ4v) is 3.53. The Hall–Kier alpha value is -2.62. The van der Waals surface area contributed by atoms with Crippen LogP contribution in [0.4, 0.5) is 0 Å². The van der Waals surface area contributed by atoms with Crippen LogP contribution in [0.25, 0.3) is 12.2 Å². The lowest BCUT2D eigenvalue weighted by Gasteiger charge is -2.17. The van der Waals surface area contributed by atoms with Crippen LogP contribution >= 0.6 is 0 Å². The van der Waals surface area contributed by atoms with Gasteiger partial charge >= 0.3 is 0 Å². The zero-order valence-corrected chi connectivity index (χ0v) is 17.7.